The summed E-state index contributed by atoms with van der Waals surface area (Å²) in [5, 5.41) is 5.46. The van der Waals surface area contributed by atoms with E-state index in [1.54, 1.807) is 20.8 Å². The minimum absolute atomic E-state index is 0.0685. The Morgan fingerprint density at radius 1 is 0.892 bits per heavy atom. The molecule has 9 heteroatoms. The Hall–Kier alpha value is -3.33. The van der Waals surface area contributed by atoms with Crippen molar-refractivity contribution in [2.45, 2.75) is 71.2 Å². The van der Waals surface area contributed by atoms with E-state index in [4.69, 9.17) is 9.47 Å². The van der Waals surface area contributed by atoms with E-state index in [1.807, 2.05) is 60.7 Å². The molecule has 0 spiro atoms. The monoisotopic (exact) mass is 528 g/mol. The zero-order valence-electron chi connectivity index (χ0n) is 21.8. The van der Waals surface area contributed by atoms with E-state index in [0.717, 1.165) is 22.9 Å². The molecular weight excluding hydrogens is 492 g/mol. The van der Waals surface area contributed by atoms with E-state index >= 15 is 0 Å². The van der Waals surface area contributed by atoms with Gasteiger partial charge in [0.15, 0.2) is 5.12 Å². The molecule has 0 bridgehead atoms. The van der Waals surface area contributed by atoms with Crippen LogP contribution in [-0.4, -0.2) is 46.5 Å². The predicted molar refractivity (Wildman–Crippen MR) is 144 cm³/mol. The molecule has 0 aromatic heterocycles. The van der Waals surface area contributed by atoms with E-state index < -0.39 is 35.7 Å². The number of hydrogen-bond donors (Lipinski definition) is 2. The first-order chi connectivity index (χ1) is 17.5. The first kappa shape index (κ1) is 29.9. The van der Waals surface area contributed by atoms with Crippen molar-refractivity contribution in [3.8, 4) is 0 Å². The van der Waals surface area contributed by atoms with Gasteiger partial charge in [-0.1, -0.05) is 72.4 Å². The largest absolute Gasteiger partial charge is 0.461 e. The van der Waals surface area contributed by atoms with Gasteiger partial charge >= 0.3 is 12.1 Å². The average molecular weight is 529 g/mol. The molecule has 0 heterocycles. The highest BCUT2D eigenvalue weighted by molar-refractivity contribution is 8.13. The third-order valence-corrected chi connectivity index (χ3v) is 6.04. The third-order valence-electron chi connectivity index (χ3n) is 5.06. The summed E-state index contributed by atoms with van der Waals surface area (Å²) >= 11 is 1.06. The standard InChI is InChI=1S/C28H36N2O6S/c1-20(31)37-19-23(15-16-25(32)35-18-22-13-9-6-10-14-22)29-26(33)24(17-21-11-7-5-8-12-21)30-27(34)36-28(2,3)4/h5-14,23-24H,15-19H2,1-4H3,(H,29,33)(H,30,34)/t23?,24-/m0/s1. The maximum absolute atomic E-state index is 13.3. The van der Waals surface area contributed by atoms with E-state index in [2.05, 4.69) is 10.6 Å². The van der Waals surface area contributed by atoms with Crippen molar-refractivity contribution in [2.75, 3.05) is 5.75 Å². The molecule has 0 saturated heterocycles. The van der Waals surface area contributed by atoms with Crippen molar-refractivity contribution in [3.05, 3.63) is 71.8 Å². The van der Waals surface area contributed by atoms with Crippen LogP contribution in [0.15, 0.2) is 60.7 Å². The van der Waals surface area contributed by atoms with Gasteiger partial charge in [0.05, 0.1) is 0 Å². The number of ether oxygens (including phenoxy) is 2. The highest BCUT2D eigenvalue weighted by Gasteiger charge is 2.27. The predicted octanol–water partition coefficient (Wildman–Crippen LogP) is 4.41. The van der Waals surface area contributed by atoms with Crippen LogP contribution in [0.1, 0.15) is 51.7 Å². The molecule has 0 saturated carbocycles. The lowest BCUT2D eigenvalue weighted by Crippen LogP contribution is -2.52. The summed E-state index contributed by atoms with van der Waals surface area (Å²) in [6.45, 7) is 6.83. The van der Waals surface area contributed by atoms with E-state index in [0.29, 0.717) is 0 Å². The van der Waals surface area contributed by atoms with Crippen LogP contribution < -0.4 is 10.6 Å². The Morgan fingerprint density at radius 3 is 2.05 bits per heavy atom. The van der Waals surface area contributed by atoms with Gasteiger partial charge in [-0.25, -0.2) is 4.79 Å². The molecule has 0 radical (unpaired) electrons. The molecule has 2 atom stereocenters. The second-order valence-electron chi connectivity index (χ2n) is 9.58. The van der Waals surface area contributed by atoms with Gasteiger partial charge in [0.2, 0.25) is 5.91 Å². The summed E-state index contributed by atoms with van der Waals surface area (Å²) in [7, 11) is 0. The molecule has 8 nitrogen and oxygen atoms in total. The smallest absolute Gasteiger partial charge is 0.408 e. The molecule has 0 aliphatic heterocycles. The fourth-order valence-corrected chi connectivity index (χ4v) is 4.01. The molecule has 1 unspecified atom stereocenters. The maximum Gasteiger partial charge on any atom is 0.408 e. The third kappa shape index (κ3) is 13.0. The van der Waals surface area contributed by atoms with Crippen LogP contribution in [-0.2, 0) is 36.9 Å². The zero-order valence-corrected chi connectivity index (χ0v) is 22.6. The lowest BCUT2D eigenvalue weighted by atomic mass is 10.0. The van der Waals surface area contributed by atoms with Crippen molar-refractivity contribution in [1.29, 1.82) is 0 Å². The van der Waals surface area contributed by atoms with Crippen LogP contribution in [0.2, 0.25) is 0 Å². The number of benzene rings is 2. The summed E-state index contributed by atoms with van der Waals surface area (Å²) in [4.78, 5) is 49.6. The Kier molecular flexibility index (Phi) is 12.2. The minimum Gasteiger partial charge on any atom is -0.461 e. The van der Waals surface area contributed by atoms with Gasteiger partial charge in [-0.3, -0.25) is 14.4 Å². The molecule has 0 fully saturated rings. The van der Waals surface area contributed by atoms with Crippen molar-refractivity contribution in [3.63, 3.8) is 0 Å². The second-order valence-corrected chi connectivity index (χ2v) is 10.8. The SMILES string of the molecule is CC(=O)SCC(CCC(=O)OCc1ccccc1)NC(=O)[C@H](Cc1ccccc1)NC(=O)OC(C)(C)C. The number of nitrogens with one attached hydrogen (secondary N) is 2. The molecule has 2 N–H and O–H groups in total. The van der Waals surface area contributed by atoms with Gasteiger partial charge in [-0.2, -0.15) is 0 Å². The van der Waals surface area contributed by atoms with Crippen LogP contribution in [0.3, 0.4) is 0 Å². The van der Waals surface area contributed by atoms with Gasteiger partial charge in [0.1, 0.15) is 18.2 Å². The van der Waals surface area contributed by atoms with Gasteiger partial charge < -0.3 is 20.1 Å². The van der Waals surface area contributed by atoms with Gasteiger partial charge in [-0.15, -0.1) is 0 Å². The number of carbonyl (C=O) groups is 4. The molecular formula is C28H36N2O6S. The quantitative estimate of drug-likeness (QED) is 0.393. The number of hydrogen-bond acceptors (Lipinski definition) is 7. The van der Waals surface area contributed by atoms with Crippen LogP contribution in [0.5, 0.6) is 0 Å². The molecule has 2 rings (SSSR count). The molecule has 0 aliphatic carbocycles. The summed E-state index contributed by atoms with van der Waals surface area (Å²) in [5.41, 5.74) is 1.02. The zero-order chi connectivity index (χ0) is 27.3. The fourth-order valence-electron chi connectivity index (χ4n) is 3.33. The Balaban J connectivity index is 2.03. The normalized spacial score (nSPS) is 12.6. The molecule has 200 valence electrons. The highest BCUT2D eigenvalue weighted by atomic mass is 32.2. The van der Waals surface area contributed by atoms with Crippen LogP contribution in [0.4, 0.5) is 4.79 Å². The number of thioether (sulfide) groups is 1. The minimum atomic E-state index is -0.910. The van der Waals surface area contributed by atoms with Crippen LogP contribution >= 0.6 is 11.8 Å². The van der Waals surface area contributed by atoms with E-state index in [9.17, 15) is 19.2 Å². The molecule has 37 heavy (non-hydrogen) atoms. The summed E-state index contributed by atoms with van der Waals surface area (Å²) in [6, 6.07) is 17.3. The first-order valence-corrected chi connectivity index (χ1v) is 13.2. The average Bonchev–Trinajstić information content (AvgIpc) is 2.84. The lowest BCUT2D eigenvalue weighted by Gasteiger charge is -2.25. The molecule has 2 amide bonds. The van der Waals surface area contributed by atoms with Crippen LogP contribution in [0.25, 0.3) is 0 Å². The number of alkyl carbamates (subject to hydrolysis) is 1. The Bertz CT molecular complexity index is 1020. The number of carbonyl (C=O) groups excluding carboxylic acids is 4. The molecule has 2 aromatic carbocycles. The Morgan fingerprint density at radius 2 is 1.49 bits per heavy atom. The molecule has 0 aliphatic rings. The van der Waals surface area contributed by atoms with Crippen molar-refractivity contribution in [1.82, 2.24) is 10.6 Å². The maximum atomic E-state index is 13.3. The van der Waals surface area contributed by atoms with Crippen molar-refractivity contribution >= 4 is 34.8 Å². The van der Waals surface area contributed by atoms with E-state index in [-0.39, 0.29) is 36.7 Å². The Labute approximate surface area is 222 Å². The first-order valence-electron chi connectivity index (χ1n) is 12.2. The number of rotatable bonds is 12. The number of amides is 2. The van der Waals surface area contributed by atoms with Crippen LogP contribution in [0, 0.1) is 0 Å². The number of esters is 1. The van der Waals surface area contributed by atoms with Gasteiger partial charge in [0, 0.05) is 31.6 Å². The second kappa shape index (κ2) is 15.0. The lowest BCUT2D eigenvalue weighted by molar-refractivity contribution is -0.145. The fraction of sp³-hybridized carbons (Fsp3) is 0.429. The highest BCUT2D eigenvalue weighted by Crippen LogP contribution is 2.13. The summed E-state index contributed by atoms with van der Waals surface area (Å²) in [5.74, 6) is -0.539. The van der Waals surface area contributed by atoms with Gasteiger partial charge in [0.25, 0.3) is 0 Å². The van der Waals surface area contributed by atoms with E-state index in [1.165, 1.54) is 6.92 Å². The van der Waals surface area contributed by atoms with Crippen molar-refractivity contribution < 1.29 is 28.7 Å². The topological polar surface area (TPSA) is 111 Å². The molecule has 2 aromatic rings. The summed E-state index contributed by atoms with van der Waals surface area (Å²) < 4.78 is 10.7. The van der Waals surface area contributed by atoms with Gasteiger partial charge in [-0.05, 0) is 38.3 Å². The van der Waals surface area contributed by atoms with Crippen molar-refractivity contribution in [2.24, 2.45) is 0 Å². The summed E-state index contributed by atoms with van der Waals surface area (Å²) in [6.07, 6.45) is -0.108.